The van der Waals surface area contributed by atoms with Gasteiger partial charge in [-0.3, -0.25) is 24.1 Å². The normalized spacial score (nSPS) is 27.8. The number of ether oxygens (including phenoxy) is 1. The first-order valence-corrected chi connectivity index (χ1v) is 9.07. The molecule has 1 aliphatic heterocycles. The Morgan fingerprint density at radius 1 is 1.11 bits per heavy atom. The minimum absolute atomic E-state index is 0.0823. The molecule has 1 saturated heterocycles. The lowest BCUT2D eigenvalue weighted by atomic mass is 9.85. The first kappa shape index (κ1) is 17.7. The molecule has 1 heterocycles. The highest BCUT2D eigenvalue weighted by molar-refractivity contribution is 6.33. The van der Waals surface area contributed by atoms with Crippen LogP contribution < -0.4 is 5.32 Å². The van der Waals surface area contributed by atoms with Gasteiger partial charge in [0, 0.05) is 0 Å². The number of nitrogens with one attached hydrogen (secondary N) is 1. The zero-order valence-corrected chi connectivity index (χ0v) is 15.0. The van der Waals surface area contributed by atoms with Crippen molar-refractivity contribution in [3.8, 4) is 0 Å². The second kappa shape index (κ2) is 6.81. The van der Waals surface area contributed by atoms with Crippen LogP contribution in [0.15, 0.2) is 36.4 Å². The highest BCUT2D eigenvalue weighted by atomic mass is 35.5. The van der Waals surface area contributed by atoms with Crippen LogP contribution in [0.2, 0.25) is 5.02 Å². The van der Waals surface area contributed by atoms with E-state index in [1.807, 2.05) is 12.2 Å². The zero-order chi connectivity index (χ0) is 19.1. The van der Waals surface area contributed by atoms with Gasteiger partial charge in [-0.25, -0.2) is 0 Å². The number of carbonyl (C=O) groups excluding carboxylic acids is 4. The Balaban J connectivity index is 1.30. The molecule has 0 aromatic heterocycles. The molecule has 140 valence electrons. The number of imide groups is 1. The topological polar surface area (TPSA) is 92.8 Å². The molecule has 1 saturated carbocycles. The van der Waals surface area contributed by atoms with Gasteiger partial charge in [0.1, 0.15) is 6.54 Å². The molecule has 2 fully saturated rings. The fourth-order valence-corrected chi connectivity index (χ4v) is 4.37. The molecule has 2 bridgehead atoms. The molecule has 0 radical (unpaired) electrons. The number of halogens is 1. The van der Waals surface area contributed by atoms with E-state index in [1.54, 1.807) is 24.3 Å². The summed E-state index contributed by atoms with van der Waals surface area (Å²) < 4.78 is 4.91. The van der Waals surface area contributed by atoms with Crippen LogP contribution in [0.5, 0.6) is 0 Å². The molecule has 7 nitrogen and oxygen atoms in total. The van der Waals surface area contributed by atoms with Gasteiger partial charge in [0.2, 0.25) is 11.8 Å². The number of carbonyl (C=O) groups is 4. The maximum absolute atomic E-state index is 12.5. The van der Waals surface area contributed by atoms with Crippen LogP contribution in [0.1, 0.15) is 6.42 Å². The minimum Gasteiger partial charge on any atom is -0.454 e. The van der Waals surface area contributed by atoms with Gasteiger partial charge in [0.25, 0.3) is 5.91 Å². The monoisotopic (exact) mass is 388 g/mol. The third-order valence-corrected chi connectivity index (χ3v) is 5.69. The van der Waals surface area contributed by atoms with Crippen LogP contribution in [0.3, 0.4) is 0 Å². The SMILES string of the molecule is O=C(COC(=O)CN1C(=O)[C@@H]2[C@H](C1=O)[C@H]1C=C[C@H]2C1)Nc1ccccc1Cl. The Morgan fingerprint density at radius 3 is 2.37 bits per heavy atom. The number of nitrogens with zero attached hydrogens (tertiary/aromatic N) is 1. The molecule has 2 aliphatic carbocycles. The minimum atomic E-state index is -0.800. The van der Waals surface area contributed by atoms with Crippen LogP contribution in [0.25, 0.3) is 0 Å². The van der Waals surface area contributed by atoms with E-state index in [0.29, 0.717) is 10.7 Å². The number of para-hydroxylation sites is 1. The molecule has 1 N–H and O–H groups in total. The summed E-state index contributed by atoms with van der Waals surface area (Å²) in [5, 5.41) is 2.89. The van der Waals surface area contributed by atoms with E-state index in [0.717, 1.165) is 11.3 Å². The van der Waals surface area contributed by atoms with Gasteiger partial charge in [0.15, 0.2) is 6.61 Å². The number of rotatable bonds is 5. The average molecular weight is 389 g/mol. The van der Waals surface area contributed by atoms with Gasteiger partial charge >= 0.3 is 5.97 Å². The fourth-order valence-electron chi connectivity index (χ4n) is 4.19. The van der Waals surface area contributed by atoms with E-state index in [1.165, 1.54) is 0 Å². The third-order valence-electron chi connectivity index (χ3n) is 5.36. The van der Waals surface area contributed by atoms with E-state index in [4.69, 9.17) is 16.3 Å². The molecule has 1 aromatic carbocycles. The highest BCUT2D eigenvalue weighted by Crippen LogP contribution is 2.52. The van der Waals surface area contributed by atoms with Gasteiger partial charge in [-0.05, 0) is 30.4 Å². The van der Waals surface area contributed by atoms with Gasteiger partial charge in [-0.2, -0.15) is 0 Å². The van der Waals surface area contributed by atoms with Gasteiger partial charge in [0.05, 0.1) is 22.5 Å². The smallest absolute Gasteiger partial charge is 0.326 e. The van der Waals surface area contributed by atoms with Crippen LogP contribution in [0, 0.1) is 23.7 Å². The summed E-state index contributed by atoms with van der Waals surface area (Å²) >= 11 is 5.94. The summed E-state index contributed by atoms with van der Waals surface area (Å²) in [7, 11) is 0. The third kappa shape index (κ3) is 3.12. The molecule has 4 atom stereocenters. The number of hydrogen-bond acceptors (Lipinski definition) is 5. The second-order valence-corrected chi connectivity index (χ2v) is 7.36. The van der Waals surface area contributed by atoms with Crippen molar-refractivity contribution >= 4 is 41.0 Å². The molecule has 0 spiro atoms. The van der Waals surface area contributed by atoms with Crippen molar-refractivity contribution in [3.63, 3.8) is 0 Å². The highest BCUT2D eigenvalue weighted by Gasteiger charge is 2.59. The number of likely N-dealkylation sites (tertiary alicyclic amines) is 1. The Kier molecular flexibility index (Phi) is 4.47. The predicted octanol–water partition coefficient (Wildman–Crippen LogP) is 1.63. The van der Waals surface area contributed by atoms with Crippen molar-refractivity contribution in [2.45, 2.75) is 6.42 Å². The van der Waals surface area contributed by atoms with Crippen LogP contribution >= 0.6 is 11.6 Å². The Labute approximate surface area is 160 Å². The van der Waals surface area contributed by atoms with Crippen molar-refractivity contribution < 1.29 is 23.9 Å². The number of allylic oxidation sites excluding steroid dienone is 2. The van der Waals surface area contributed by atoms with Gasteiger partial charge in [-0.1, -0.05) is 35.9 Å². The lowest BCUT2D eigenvalue weighted by molar-refractivity contribution is -0.154. The second-order valence-electron chi connectivity index (χ2n) is 6.95. The van der Waals surface area contributed by atoms with E-state index >= 15 is 0 Å². The molecule has 1 aromatic rings. The summed E-state index contributed by atoms with van der Waals surface area (Å²) in [5.41, 5.74) is 0.404. The molecule has 3 amide bonds. The molecule has 27 heavy (non-hydrogen) atoms. The van der Waals surface area contributed by atoms with Crippen LogP contribution in [-0.2, 0) is 23.9 Å². The Hall–Kier alpha value is -2.67. The summed E-state index contributed by atoms with van der Waals surface area (Å²) in [6.07, 6.45) is 4.79. The largest absolute Gasteiger partial charge is 0.454 e. The number of amides is 3. The number of hydrogen-bond donors (Lipinski definition) is 1. The molecule has 3 aliphatic rings. The summed E-state index contributed by atoms with van der Waals surface area (Å²) in [6.45, 7) is -0.997. The lowest BCUT2D eigenvalue weighted by Crippen LogP contribution is -2.38. The molecule has 4 rings (SSSR count). The van der Waals surface area contributed by atoms with E-state index in [9.17, 15) is 19.2 Å². The Bertz CT molecular complexity index is 837. The summed E-state index contributed by atoms with van der Waals surface area (Å²) in [5.74, 6) is -2.55. The van der Waals surface area contributed by atoms with Gasteiger partial charge in [-0.15, -0.1) is 0 Å². The molecular formula is C19H17ClN2O5. The van der Waals surface area contributed by atoms with Crippen molar-refractivity contribution in [3.05, 3.63) is 41.4 Å². The summed E-state index contributed by atoms with van der Waals surface area (Å²) in [4.78, 5) is 49.9. The van der Waals surface area contributed by atoms with Crippen molar-refractivity contribution in [1.29, 1.82) is 0 Å². The predicted molar refractivity (Wildman–Crippen MR) is 95.5 cm³/mol. The maximum atomic E-state index is 12.5. The van der Waals surface area contributed by atoms with Crippen molar-refractivity contribution in [2.75, 3.05) is 18.5 Å². The van der Waals surface area contributed by atoms with Crippen molar-refractivity contribution in [1.82, 2.24) is 4.90 Å². The van der Waals surface area contributed by atoms with Crippen molar-refractivity contribution in [2.24, 2.45) is 23.7 Å². The number of esters is 1. The zero-order valence-electron chi connectivity index (χ0n) is 14.3. The first-order valence-electron chi connectivity index (χ1n) is 8.69. The van der Waals surface area contributed by atoms with Crippen LogP contribution in [0.4, 0.5) is 5.69 Å². The van der Waals surface area contributed by atoms with Crippen LogP contribution in [-0.4, -0.2) is 41.7 Å². The number of fused-ring (bicyclic) bond motifs is 5. The quantitative estimate of drug-likeness (QED) is 0.470. The fraction of sp³-hybridized carbons (Fsp3) is 0.368. The first-order chi connectivity index (χ1) is 13.0. The maximum Gasteiger partial charge on any atom is 0.326 e. The standard InChI is InChI=1S/C19H17ClN2O5/c20-12-3-1-2-4-13(12)21-14(23)9-27-15(24)8-22-18(25)16-10-5-6-11(7-10)17(16)19(22)26/h1-6,10-11,16-17H,7-9H2,(H,21,23)/t10-,11-,16-,17+/m0/s1. The summed E-state index contributed by atoms with van der Waals surface area (Å²) in [6, 6.07) is 6.66. The number of anilines is 1. The molecular weight excluding hydrogens is 372 g/mol. The molecule has 8 heteroatoms. The van der Waals surface area contributed by atoms with E-state index < -0.39 is 25.0 Å². The number of benzene rings is 1. The molecule has 0 unspecified atom stereocenters. The Morgan fingerprint density at radius 2 is 1.74 bits per heavy atom. The van der Waals surface area contributed by atoms with E-state index in [2.05, 4.69) is 5.32 Å². The lowest BCUT2D eigenvalue weighted by Gasteiger charge is -2.16. The van der Waals surface area contributed by atoms with Gasteiger partial charge < -0.3 is 10.1 Å². The van der Waals surface area contributed by atoms with E-state index in [-0.39, 0.29) is 35.5 Å². The average Bonchev–Trinajstić information content (AvgIpc) is 3.32.